The van der Waals surface area contributed by atoms with Crippen LogP contribution in [0.1, 0.15) is 44.7 Å². The lowest BCUT2D eigenvalue weighted by atomic mass is 9.77. The van der Waals surface area contributed by atoms with Gasteiger partial charge >= 0.3 is 0 Å². The van der Waals surface area contributed by atoms with E-state index in [2.05, 4.69) is 18.1 Å². The number of ketones is 1. The Morgan fingerprint density at radius 2 is 2.30 bits per heavy atom. The molecule has 0 aromatic carbocycles. The first kappa shape index (κ1) is 13.3. The minimum Gasteiger partial charge on any atom is -0.307 e. The van der Waals surface area contributed by atoms with Crippen molar-refractivity contribution in [3.05, 3.63) is 36.3 Å². The van der Waals surface area contributed by atoms with Gasteiger partial charge in [-0.15, -0.1) is 0 Å². The molecule has 0 aliphatic heterocycles. The van der Waals surface area contributed by atoms with Gasteiger partial charge in [-0.2, -0.15) is 0 Å². The summed E-state index contributed by atoms with van der Waals surface area (Å²) in [6, 6.07) is 6.00. The van der Waals surface area contributed by atoms with E-state index in [1.807, 2.05) is 28.8 Å². The van der Waals surface area contributed by atoms with E-state index in [1.54, 1.807) is 0 Å². The van der Waals surface area contributed by atoms with E-state index in [9.17, 15) is 4.79 Å². The summed E-state index contributed by atoms with van der Waals surface area (Å²) in [5.74, 6) is 1.36. The molecule has 0 amide bonds. The molecule has 1 aliphatic carbocycles. The van der Waals surface area contributed by atoms with E-state index < -0.39 is 0 Å². The summed E-state index contributed by atoms with van der Waals surface area (Å²) in [5, 5.41) is 0. The van der Waals surface area contributed by atoms with Crippen LogP contribution in [0, 0.1) is 11.8 Å². The lowest BCUT2D eigenvalue weighted by Gasteiger charge is -2.27. The van der Waals surface area contributed by atoms with Crippen LogP contribution in [0.4, 0.5) is 0 Å². The molecule has 0 bridgehead atoms. The molecule has 1 fully saturated rings. The van der Waals surface area contributed by atoms with Crippen molar-refractivity contribution in [2.24, 2.45) is 11.8 Å². The van der Waals surface area contributed by atoms with Gasteiger partial charge in [-0.05, 0) is 30.9 Å². The maximum Gasteiger partial charge on any atom is 0.136 e. The topological polar surface area (TPSA) is 34.4 Å². The summed E-state index contributed by atoms with van der Waals surface area (Å²) >= 11 is 0. The van der Waals surface area contributed by atoms with Gasteiger partial charge in [0.25, 0.3) is 0 Å². The lowest BCUT2D eigenvalue weighted by molar-refractivity contribution is -0.125. The molecule has 2 unspecified atom stereocenters. The highest BCUT2D eigenvalue weighted by Gasteiger charge is 2.28. The average Bonchev–Trinajstić information content (AvgIpc) is 2.85. The molecule has 2 heterocycles. The van der Waals surface area contributed by atoms with Gasteiger partial charge in [0.05, 0.1) is 5.69 Å². The van der Waals surface area contributed by atoms with Gasteiger partial charge in [-0.1, -0.05) is 25.8 Å². The van der Waals surface area contributed by atoms with Crippen molar-refractivity contribution in [2.45, 2.75) is 45.4 Å². The quantitative estimate of drug-likeness (QED) is 0.849. The molecule has 3 rings (SSSR count). The molecule has 2 aromatic rings. The molecule has 3 nitrogen and oxygen atoms in total. The molecule has 0 spiro atoms. The van der Waals surface area contributed by atoms with Crippen LogP contribution in [-0.2, 0) is 11.2 Å². The van der Waals surface area contributed by atoms with Gasteiger partial charge in [0, 0.05) is 31.2 Å². The number of rotatable bonds is 4. The fourth-order valence-corrected chi connectivity index (χ4v) is 3.41. The Morgan fingerprint density at radius 1 is 1.40 bits per heavy atom. The second kappa shape index (κ2) is 5.78. The Morgan fingerprint density at radius 3 is 3.10 bits per heavy atom. The minimum atomic E-state index is 0.185. The van der Waals surface area contributed by atoms with Crippen LogP contribution in [-0.4, -0.2) is 15.2 Å². The van der Waals surface area contributed by atoms with Crippen molar-refractivity contribution in [1.82, 2.24) is 9.38 Å². The monoisotopic (exact) mass is 270 g/mol. The van der Waals surface area contributed by atoms with Gasteiger partial charge in [0.1, 0.15) is 11.4 Å². The van der Waals surface area contributed by atoms with Crippen molar-refractivity contribution in [2.75, 3.05) is 0 Å². The standard InChI is InChI=1S/C17H22N2O/c1-2-5-13-7-8-16(20)14(10-13)11-15-12-19-9-4-3-6-17(19)18-15/h3-4,6,9,12-14H,2,5,7-8,10-11H2,1H3. The van der Waals surface area contributed by atoms with Crippen molar-refractivity contribution in [3.8, 4) is 0 Å². The van der Waals surface area contributed by atoms with Gasteiger partial charge in [0.2, 0.25) is 0 Å². The number of aromatic nitrogens is 2. The molecule has 3 heteroatoms. The van der Waals surface area contributed by atoms with E-state index in [0.29, 0.717) is 5.78 Å². The Labute approximate surface area is 120 Å². The summed E-state index contributed by atoms with van der Waals surface area (Å²) in [4.78, 5) is 16.8. The third-order valence-corrected chi connectivity index (χ3v) is 4.44. The fraction of sp³-hybridized carbons (Fsp3) is 0.529. The van der Waals surface area contributed by atoms with E-state index in [0.717, 1.165) is 42.9 Å². The summed E-state index contributed by atoms with van der Waals surface area (Å²) in [6.07, 6.45) is 10.3. The highest BCUT2D eigenvalue weighted by atomic mass is 16.1. The number of pyridine rings is 1. The van der Waals surface area contributed by atoms with E-state index in [4.69, 9.17) is 0 Å². The largest absolute Gasteiger partial charge is 0.307 e. The van der Waals surface area contributed by atoms with Crippen LogP contribution in [0.5, 0.6) is 0 Å². The summed E-state index contributed by atoms with van der Waals surface area (Å²) in [6.45, 7) is 2.23. The third-order valence-electron chi connectivity index (χ3n) is 4.44. The SMILES string of the molecule is CCCC1CCC(=O)C(Cc2cn3ccccc3n2)C1. The van der Waals surface area contributed by atoms with Gasteiger partial charge in [0.15, 0.2) is 0 Å². The minimum absolute atomic E-state index is 0.185. The number of carbonyl (C=O) groups excluding carboxylic acids is 1. The molecule has 0 N–H and O–H groups in total. The Bertz CT molecular complexity index is 569. The van der Waals surface area contributed by atoms with Gasteiger partial charge in [-0.25, -0.2) is 4.98 Å². The summed E-state index contributed by atoms with van der Waals surface area (Å²) in [7, 11) is 0. The van der Waals surface area contributed by atoms with Crippen molar-refractivity contribution in [1.29, 1.82) is 0 Å². The van der Waals surface area contributed by atoms with Crippen LogP contribution in [0.15, 0.2) is 30.6 Å². The zero-order valence-corrected chi connectivity index (χ0v) is 12.1. The normalized spacial score (nSPS) is 23.4. The number of hydrogen-bond donors (Lipinski definition) is 0. The van der Waals surface area contributed by atoms with E-state index >= 15 is 0 Å². The van der Waals surface area contributed by atoms with Gasteiger partial charge < -0.3 is 4.40 Å². The highest BCUT2D eigenvalue weighted by molar-refractivity contribution is 5.82. The molecule has 106 valence electrons. The summed E-state index contributed by atoms with van der Waals surface area (Å²) < 4.78 is 2.03. The van der Waals surface area contributed by atoms with Crippen molar-refractivity contribution < 1.29 is 4.79 Å². The molecule has 0 saturated heterocycles. The Kier molecular flexibility index (Phi) is 3.86. The smallest absolute Gasteiger partial charge is 0.136 e. The molecule has 0 radical (unpaired) electrons. The van der Waals surface area contributed by atoms with Crippen LogP contribution in [0.25, 0.3) is 5.65 Å². The van der Waals surface area contributed by atoms with Crippen LogP contribution < -0.4 is 0 Å². The first-order valence-electron chi connectivity index (χ1n) is 7.71. The zero-order chi connectivity index (χ0) is 13.9. The first-order valence-corrected chi connectivity index (χ1v) is 7.71. The Hall–Kier alpha value is -1.64. The molecule has 1 saturated carbocycles. The maximum atomic E-state index is 12.1. The van der Waals surface area contributed by atoms with Crippen molar-refractivity contribution >= 4 is 11.4 Å². The first-order chi connectivity index (χ1) is 9.76. The zero-order valence-electron chi connectivity index (χ0n) is 12.1. The number of nitrogens with zero attached hydrogens (tertiary/aromatic N) is 2. The molecular formula is C17H22N2O. The van der Waals surface area contributed by atoms with E-state index in [1.165, 1.54) is 12.8 Å². The molecule has 20 heavy (non-hydrogen) atoms. The number of hydrogen-bond acceptors (Lipinski definition) is 2. The number of fused-ring (bicyclic) bond motifs is 1. The Balaban J connectivity index is 1.73. The van der Waals surface area contributed by atoms with Crippen LogP contribution in [0.3, 0.4) is 0 Å². The highest BCUT2D eigenvalue weighted by Crippen LogP contribution is 2.31. The fourth-order valence-electron chi connectivity index (χ4n) is 3.41. The predicted molar refractivity (Wildman–Crippen MR) is 79.6 cm³/mol. The van der Waals surface area contributed by atoms with Crippen molar-refractivity contribution in [3.63, 3.8) is 0 Å². The maximum absolute atomic E-state index is 12.1. The molecular weight excluding hydrogens is 248 g/mol. The van der Waals surface area contributed by atoms with Gasteiger partial charge in [-0.3, -0.25) is 4.79 Å². The average molecular weight is 270 g/mol. The second-order valence-electron chi connectivity index (χ2n) is 5.99. The second-order valence-corrected chi connectivity index (χ2v) is 5.99. The lowest BCUT2D eigenvalue weighted by Crippen LogP contribution is -2.26. The predicted octanol–water partition coefficient (Wildman–Crippen LogP) is 3.66. The molecule has 2 aromatic heterocycles. The summed E-state index contributed by atoms with van der Waals surface area (Å²) in [5.41, 5.74) is 2.02. The molecule has 2 atom stereocenters. The molecule has 1 aliphatic rings. The number of Topliss-reactive ketones (excluding diaryl/α,β-unsaturated/α-hetero) is 1. The number of imidazole rings is 1. The number of carbonyl (C=O) groups is 1. The van der Waals surface area contributed by atoms with Crippen LogP contribution >= 0.6 is 0 Å². The third kappa shape index (κ3) is 2.77. The van der Waals surface area contributed by atoms with Crippen LogP contribution in [0.2, 0.25) is 0 Å². The van der Waals surface area contributed by atoms with E-state index in [-0.39, 0.29) is 5.92 Å².